The number of likely N-dealkylation sites (tertiary alicyclic amines) is 1. The highest BCUT2D eigenvalue weighted by molar-refractivity contribution is 5.74. The maximum atomic E-state index is 13.4. The fourth-order valence-electron chi connectivity index (χ4n) is 4.53. The molecule has 1 saturated carbocycles. The Kier molecular flexibility index (Phi) is 6.20. The maximum absolute atomic E-state index is 13.4. The van der Waals surface area contributed by atoms with E-state index in [9.17, 15) is 22.4 Å². The number of rotatable bonds is 3. The van der Waals surface area contributed by atoms with Crippen molar-refractivity contribution in [3.63, 3.8) is 0 Å². The van der Waals surface area contributed by atoms with Gasteiger partial charge in [0.25, 0.3) is 0 Å². The Labute approximate surface area is 178 Å². The number of halogens is 4. The Morgan fingerprint density at radius 2 is 1.77 bits per heavy atom. The van der Waals surface area contributed by atoms with Gasteiger partial charge in [-0.1, -0.05) is 12.1 Å². The lowest BCUT2D eigenvalue weighted by atomic mass is 9.85. The molecule has 1 aliphatic carbocycles. The molecule has 2 heterocycles. The number of aromatic nitrogens is 2. The number of nitrogens with zero attached hydrogens (tertiary/aromatic N) is 3. The predicted molar refractivity (Wildman–Crippen MR) is 108 cm³/mol. The molecule has 31 heavy (non-hydrogen) atoms. The molecule has 2 aliphatic rings. The fourth-order valence-corrected chi connectivity index (χ4v) is 4.53. The Morgan fingerprint density at radius 3 is 2.42 bits per heavy atom. The first-order valence-corrected chi connectivity index (χ1v) is 10.7. The highest BCUT2D eigenvalue weighted by Crippen LogP contribution is 2.37. The van der Waals surface area contributed by atoms with Gasteiger partial charge in [-0.3, -0.25) is 0 Å². The van der Waals surface area contributed by atoms with Gasteiger partial charge >= 0.3 is 12.2 Å². The minimum atomic E-state index is -4.14. The summed E-state index contributed by atoms with van der Waals surface area (Å²) >= 11 is 0. The standard InChI is InChI=1S/C22H26F4N4O/c23-17-3-1-2-15(12-17)20-13-30(14-27-20)19-8-10-29(11-9-19)21(31)28-18-6-4-16(5-7-18)22(24,25)26/h1-3,12-14,16,18-19H,4-11H2,(H,28,31)/t16-,18-. The number of amides is 2. The van der Waals surface area contributed by atoms with Crippen LogP contribution >= 0.6 is 0 Å². The third-order valence-corrected chi connectivity index (χ3v) is 6.41. The molecule has 2 fully saturated rings. The van der Waals surface area contributed by atoms with Crippen LogP contribution in [0.4, 0.5) is 22.4 Å². The van der Waals surface area contributed by atoms with E-state index in [1.165, 1.54) is 12.1 Å². The van der Waals surface area contributed by atoms with Crippen LogP contribution in [-0.2, 0) is 0 Å². The monoisotopic (exact) mass is 438 g/mol. The molecule has 0 spiro atoms. The van der Waals surface area contributed by atoms with Crippen LogP contribution < -0.4 is 5.32 Å². The van der Waals surface area contributed by atoms with Crippen LogP contribution in [0.5, 0.6) is 0 Å². The fraction of sp³-hybridized carbons (Fsp3) is 0.545. The molecule has 168 valence electrons. The molecule has 1 saturated heterocycles. The number of piperidine rings is 1. The number of nitrogens with one attached hydrogen (secondary N) is 1. The number of carbonyl (C=O) groups is 1. The molecular formula is C22H26F4N4O. The lowest BCUT2D eigenvalue weighted by molar-refractivity contribution is -0.182. The van der Waals surface area contributed by atoms with E-state index in [0.29, 0.717) is 31.6 Å². The van der Waals surface area contributed by atoms with Crippen molar-refractivity contribution >= 4 is 6.03 Å². The summed E-state index contributed by atoms with van der Waals surface area (Å²) < 4.78 is 53.8. The van der Waals surface area contributed by atoms with Gasteiger partial charge in [0.2, 0.25) is 0 Å². The summed E-state index contributed by atoms with van der Waals surface area (Å²) in [6, 6.07) is 6.11. The van der Waals surface area contributed by atoms with Gasteiger partial charge in [-0.15, -0.1) is 0 Å². The number of hydrogen-bond donors (Lipinski definition) is 1. The SMILES string of the molecule is O=C(N[C@H]1CC[C@H](C(F)(F)F)CC1)N1CCC(n2cnc(-c3cccc(F)c3)c2)CC1. The van der Waals surface area contributed by atoms with Gasteiger partial charge in [0.1, 0.15) is 5.82 Å². The molecule has 0 atom stereocenters. The van der Waals surface area contributed by atoms with E-state index in [0.717, 1.165) is 18.4 Å². The summed E-state index contributed by atoms with van der Waals surface area (Å²) in [6.07, 6.45) is 1.89. The molecule has 4 rings (SSSR count). The van der Waals surface area contributed by atoms with E-state index in [4.69, 9.17) is 0 Å². The Hall–Kier alpha value is -2.58. The molecule has 0 unspecified atom stereocenters. The Morgan fingerprint density at radius 1 is 1.06 bits per heavy atom. The minimum Gasteiger partial charge on any atom is -0.335 e. The number of hydrogen-bond acceptors (Lipinski definition) is 2. The van der Waals surface area contributed by atoms with Crippen molar-refractivity contribution in [2.75, 3.05) is 13.1 Å². The number of alkyl halides is 3. The van der Waals surface area contributed by atoms with Crippen LogP contribution in [0, 0.1) is 11.7 Å². The molecule has 1 N–H and O–H groups in total. The van der Waals surface area contributed by atoms with Gasteiger partial charge in [0.05, 0.1) is 17.9 Å². The van der Waals surface area contributed by atoms with Crippen molar-refractivity contribution in [1.29, 1.82) is 0 Å². The van der Waals surface area contributed by atoms with Crippen LogP contribution in [0.25, 0.3) is 11.3 Å². The van der Waals surface area contributed by atoms with Crippen molar-refractivity contribution < 1.29 is 22.4 Å². The zero-order chi connectivity index (χ0) is 22.0. The van der Waals surface area contributed by atoms with Gasteiger partial charge in [0.15, 0.2) is 0 Å². The predicted octanol–water partition coefficient (Wildman–Crippen LogP) is 5.16. The zero-order valence-electron chi connectivity index (χ0n) is 17.1. The normalized spacial score (nSPS) is 23.0. The number of urea groups is 1. The lowest BCUT2D eigenvalue weighted by Crippen LogP contribution is -2.49. The number of carbonyl (C=O) groups excluding carboxylic acids is 1. The van der Waals surface area contributed by atoms with E-state index < -0.39 is 12.1 Å². The molecule has 9 heteroatoms. The summed E-state index contributed by atoms with van der Waals surface area (Å²) in [4.78, 5) is 18.7. The van der Waals surface area contributed by atoms with Crippen molar-refractivity contribution in [3.05, 3.63) is 42.6 Å². The van der Waals surface area contributed by atoms with Crippen LogP contribution in [-0.4, -0.2) is 45.8 Å². The van der Waals surface area contributed by atoms with Crippen LogP contribution in [0.3, 0.4) is 0 Å². The van der Waals surface area contributed by atoms with Crippen molar-refractivity contribution in [2.45, 2.75) is 56.8 Å². The topological polar surface area (TPSA) is 50.2 Å². The van der Waals surface area contributed by atoms with Crippen molar-refractivity contribution in [3.8, 4) is 11.3 Å². The van der Waals surface area contributed by atoms with Gasteiger partial charge in [-0.25, -0.2) is 14.2 Å². The molecule has 0 bridgehead atoms. The Bertz CT molecular complexity index is 897. The average Bonchev–Trinajstić information content (AvgIpc) is 3.24. The molecule has 1 aliphatic heterocycles. The zero-order valence-corrected chi connectivity index (χ0v) is 17.1. The Balaban J connectivity index is 1.26. The van der Waals surface area contributed by atoms with Crippen LogP contribution in [0.15, 0.2) is 36.8 Å². The average molecular weight is 438 g/mol. The quantitative estimate of drug-likeness (QED) is 0.674. The molecular weight excluding hydrogens is 412 g/mol. The largest absolute Gasteiger partial charge is 0.391 e. The number of imidazole rings is 1. The summed E-state index contributed by atoms with van der Waals surface area (Å²) in [5, 5.41) is 2.91. The van der Waals surface area contributed by atoms with E-state index in [-0.39, 0.29) is 36.8 Å². The highest BCUT2D eigenvalue weighted by Gasteiger charge is 2.41. The summed E-state index contributed by atoms with van der Waals surface area (Å²) in [5.41, 5.74) is 1.42. The third-order valence-electron chi connectivity index (χ3n) is 6.41. The maximum Gasteiger partial charge on any atom is 0.391 e. The number of benzene rings is 1. The molecule has 2 aromatic rings. The van der Waals surface area contributed by atoms with E-state index >= 15 is 0 Å². The van der Waals surface area contributed by atoms with Crippen molar-refractivity contribution in [1.82, 2.24) is 19.8 Å². The lowest BCUT2D eigenvalue weighted by Gasteiger charge is -2.35. The first-order valence-electron chi connectivity index (χ1n) is 10.7. The van der Waals surface area contributed by atoms with Gasteiger partial charge < -0.3 is 14.8 Å². The molecule has 1 aromatic heterocycles. The van der Waals surface area contributed by atoms with E-state index in [1.54, 1.807) is 17.3 Å². The van der Waals surface area contributed by atoms with E-state index in [1.807, 2.05) is 16.8 Å². The van der Waals surface area contributed by atoms with Gasteiger partial charge in [0, 0.05) is 36.9 Å². The van der Waals surface area contributed by atoms with Crippen molar-refractivity contribution in [2.24, 2.45) is 5.92 Å². The molecule has 5 nitrogen and oxygen atoms in total. The van der Waals surface area contributed by atoms with Crippen LogP contribution in [0.2, 0.25) is 0 Å². The first kappa shape index (κ1) is 21.6. The van der Waals surface area contributed by atoms with Gasteiger partial charge in [-0.2, -0.15) is 13.2 Å². The molecule has 0 radical (unpaired) electrons. The second-order valence-corrected chi connectivity index (χ2v) is 8.47. The highest BCUT2D eigenvalue weighted by atomic mass is 19.4. The van der Waals surface area contributed by atoms with E-state index in [2.05, 4.69) is 10.3 Å². The summed E-state index contributed by atoms with van der Waals surface area (Å²) in [5.74, 6) is -1.55. The van der Waals surface area contributed by atoms with Crippen LogP contribution in [0.1, 0.15) is 44.6 Å². The summed E-state index contributed by atoms with van der Waals surface area (Å²) in [7, 11) is 0. The second kappa shape index (κ2) is 8.88. The second-order valence-electron chi connectivity index (χ2n) is 8.47. The summed E-state index contributed by atoms with van der Waals surface area (Å²) in [6.45, 7) is 1.14. The van der Waals surface area contributed by atoms with Gasteiger partial charge in [-0.05, 0) is 50.7 Å². The third kappa shape index (κ3) is 5.19. The smallest absolute Gasteiger partial charge is 0.335 e. The first-order chi connectivity index (χ1) is 14.8. The minimum absolute atomic E-state index is 0.0742. The molecule has 2 amide bonds. The molecule has 1 aromatic carbocycles.